The van der Waals surface area contributed by atoms with Crippen molar-refractivity contribution in [2.24, 2.45) is 5.10 Å². The van der Waals surface area contributed by atoms with Crippen LogP contribution in [0.5, 0.6) is 23.0 Å². The molecule has 2 N–H and O–H groups in total. The van der Waals surface area contributed by atoms with Crippen LogP contribution >= 0.6 is 23.2 Å². The molecule has 3 rings (SSSR count). The maximum absolute atomic E-state index is 12.2. The van der Waals surface area contributed by atoms with Crippen molar-refractivity contribution in [3.63, 3.8) is 0 Å². The highest BCUT2D eigenvalue weighted by Gasteiger charge is 2.27. The average molecular weight is 411 g/mol. The number of rotatable bonds is 5. The van der Waals surface area contributed by atoms with Crippen molar-refractivity contribution < 1.29 is 24.1 Å². The molecule has 1 heterocycles. The molecule has 0 spiro atoms. The third kappa shape index (κ3) is 4.20. The summed E-state index contributed by atoms with van der Waals surface area (Å²) >= 11 is 12.1. The third-order valence-electron chi connectivity index (χ3n) is 3.66. The molecule has 0 fully saturated rings. The first-order valence-electron chi connectivity index (χ1n) is 8.06. The Morgan fingerprint density at radius 2 is 2.15 bits per heavy atom. The molecule has 0 unspecified atom stereocenters. The standard InChI is InChI=1S/C18H16Cl2N2O5/c1-2-25-14-7-11(19)16(20)10(17(14)23)8-21-22-18(24)15-9-26-12-5-3-4-6-13(12)27-15/h3-8,15,23H,2,9H2,1H3,(H,22,24)/b21-8-/t15-/m1/s1. The number of hydrogen-bond acceptors (Lipinski definition) is 6. The summed E-state index contributed by atoms with van der Waals surface area (Å²) in [7, 11) is 0. The Morgan fingerprint density at radius 1 is 1.41 bits per heavy atom. The predicted molar refractivity (Wildman–Crippen MR) is 101 cm³/mol. The van der Waals surface area contributed by atoms with Crippen molar-refractivity contribution in [3.8, 4) is 23.0 Å². The molecule has 1 amide bonds. The number of amides is 1. The van der Waals surface area contributed by atoms with Crippen molar-refractivity contribution in [2.45, 2.75) is 13.0 Å². The van der Waals surface area contributed by atoms with E-state index < -0.39 is 12.0 Å². The molecule has 1 aliphatic rings. The van der Waals surface area contributed by atoms with Crippen molar-refractivity contribution in [1.82, 2.24) is 5.43 Å². The molecule has 1 atom stereocenters. The van der Waals surface area contributed by atoms with Gasteiger partial charge in [-0.2, -0.15) is 5.10 Å². The second-order valence-electron chi connectivity index (χ2n) is 5.46. The Morgan fingerprint density at radius 3 is 2.89 bits per heavy atom. The third-order valence-corrected chi connectivity index (χ3v) is 4.46. The fourth-order valence-electron chi connectivity index (χ4n) is 2.38. The van der Waals surface area contributed by atoms with Crippen LogP contribution in [0.25, 0.3) is 0 Å². The Balaban J connectivity index is 1.70. The van der Waals surface area contributed by atoms with Gasteiger partial charge in [0.25, 0.3) is 5.91 Å². The summed E-state index contributed by atoms with van der Waals surface area (Å²) in [5, 5.41) is 14.3. The molecule has 1 aliphatic heterocycles. The molecule has 7 nitrogen and oxygen atoms in total. The van der Waals surface area contributed by atoms with Crippen LogP contribution in [0.2, 0.25) is 10.0 Å². The number of aromatic hydroxyl groups is 1. The number of carbonyl (C=O) groups excluding carboxylic acids is 1. The molecule has 0 saturated carbocycles. The number of hydrazone groups is 1. The number of benzene rings is 2. The van der Waals surface area contributed by atoms with E-state index >= 15 is 0 Å². The van der Waals surface area contributed by atoms with Crippen LogP contribution < -0.4 is 19.6 Å². The van der Waals surface area contributed by atoms with Gasteiger partial charge in [-0.3, -0.25) is 4.79 Å². The van der Waals surface area contributed by atoms with Gasteiger partial charge in [-0.1, -0.05) is 35.3 Å². The molecule has 142 valence electrons. The van der Waals surface area contributed by atoms with Crippen LogP contribution in [0, 0.1) is 0 Å². The predicted octanol–water partition coefficient (Wildman–Crippen LogP) is 3.39. The minimum Gasteiger partial charge on any atom is -0.504 e. The van der Waals surface area contributed by atoms with Crippen LogP contribution in [0.4, 0.5) is 0 Å². The highest BCUT2D eigenvalue weighted by atomic mass is 35.5. The SMILES string of the molecule is CCOc1cc(Cl)c(Cl)c(/C=N\NC(=O)[C@H]2COc3ccccc3O2)c1O. The minimum absolute atomic E-state index is 0.0516. The molecule has 2 aromatic carbocycles. The Hall–Kier alpha value is -2.64. The highest BCUT2D eigenvalue weighted by Crippen LogP contribution is 2.39. The number of carbonyl (C=O) groups is 1. The number of nitrogens with one attached hydrogen (secondary N) is 1. The zero-order valence-electron chi connectivity index (χ0n) is 14.2. The normalized spacial score (nSPS) is 15.6. The van der Waals surface area contributed by atoms with E-state index in [1.165, 1.54) is 12.3 Å². The molecule has 27 heavy (non-hydrogen) atoms. The van der Waals surface area contributed by atoms with E-state index in [9.17, 15) is 9.90 Å². The maximum atomic E-state index is 12.2. The molecule has 0 aromatic heterocycles. The first-order chi connectivity index (χ1) is 13.0. The zero-order valence-corrected chi connectivity index (χ0v) is 15.8. The molecule has 2 aromatic rings. The van der Waals surface area contributed by atoms with Gasteiger partial charge in [-0.25, -0.2) is 5.43 Å². The van der Waals surface area contributed by atoms with Gasteiger partial charge in [0, 0.05) is 6.07 Å². The number of hydrogen-bond donors (Lipinski definition) is 2. The van der Waals surface area contributed by atoms with Crippen LogP contribution in [-0.2, 0) is 4.79 Å². The lowest BCUT2D eigenvalue weighted by atomic mass is 10.2. The zero-order chi connectivity index (χ0) is 19.4. The largest absolute Gasteiger partial charge is 0.504 e. The van der Waals surface area contributed by atoms with Gasteiger partial charge in [0.1, 0.15) is 6.61 Å². The summed E-state index contributed by atoms with van der Waals surface area (Å²) in [5.74, 6) is 0.480. The van der Waals surface area contributed by atoms with Crippen LogP contribution in [-0.4, -0.2) is 36.5 Å². The van der Waals surface area contributed by atoms with Crippen molar-refractivity contribution >= 4 is 35.3 Å². The molecular formula is C18H16Cl2N2O5. The van der Waals surface area contributed by atoms with E-state index in [0.717, 1.165) is 0 Å². The number of fused-ring (bicyclic) bond motifs is 1. The lowest BCUT2D eigenvalue weighted by Gasteiger charge is -2.24. The summed E-state index contributed by atoms with van der Waals surface area (Å²) in [4.78, 5) is 12.2. The summed E-state index contributed by atoms with van der Waals surface area (Å²) in [6.07, 6.45) is 0.321. The fraction of sp³-hybridized carbons (Fsp3) is 0.222. The molecular weight excluding hydrogens is 395 g/mol. The monoisotopic (exact) mass is 410 g/mol. The summed E-state index contributed by atoms with van der Waals surface area (Å²) in [6, 6.07) is 8.45. The Labute approximate surface area is 165 Å². The second kappa shape index (κ2) is 8.37. The van der Waals surface area contributed by atoms with E-state index in [2.05, 4.69) is 10.5 Å². The molecule has 0 radical (unpaired) electrons. The van der Waals surface area contributed by atoms with Gasteiger partial charge >= 0.3 is 0 Å². The van der Waals surface area contributed by atoms with E-state index in [1.807, 2.05) is 6.07 Å². The summed E-state index contributed by atoms with van der Waals surface area (Å²) in [6.45, 7) is 2.15. The van der Waals surface area contributed by atoms with Gasteiger partial charge < -0.3 is 19.3 Å². The number of phenols is 1. The fourth-order valence-corrected chi connectivity index (χ4v) is 2.77. The molecule has 0 bridgehead atoms. The molecule has 0 saturated heterocycles. The first kappa shape index (κ1) is 19.1. The quantitative estimate of drug-likeness (QED) is 0.582. The lowest BCUT2D eigenvalue weighted by molar-refractivity contribution is -0.130. The summed E-state index contributed by atoms with van der Waals surface area (Å²) in [5.41, 5.74) is 2.45. The van der Waals surface area contributed by atoms with Gasteiger partial charge in [0.15, 0.2) is 23.0 Å². The van der Waals surface area contributed by atoms with Crippen molar-refractivity contribution in [2.75, 3.05) is 13.2 Å². The highest BCUT2D eigenvalue weighted by molar-refractivity contribution is 6.43. The molecule has 9 heteroatoms. The Kier molecular flexibility index (Phi) is 5.93. The van der Waals surface area contributed by atoms with Crippen molar-refractivity contribution in [3.05, 3.63) is 45.9 Å². The topological polar surface area (TPSA) is 89.4 Å². The second-order valence-corrected chi connectivity index (χ2v) is 6.25. The van der Waals surface area contributed by atoms with E-state index in [1.54, 1.807) is 25.1 Å². The number of para-hydroxylation sites is 2. The van der Waals surface area contributed by atoms with Crippen LogP contribution in [0.1, 0.15) is 12.5 Å². The van der Waals surface area contributed by atoms with E-state index in [-0.39, 0.29) is 33.7 Å². The van der Waals surface area contributed by atoms with E-state index in [4.69, 9.17) is 37.4 Å². The molecule has 0 aliphatic carbocycles. The first-order valence-corrected chi connectivity index (χ1v) is 8.82. The average Bonchev–Trinajstić information content (AvgIpc) is 2.68. The van der Waals surface area contributed by atoms with Crippen LogP contribution in [0.3, 0.4) is 0 Å². The maximum Gasteiger partial charge on any atom is 0.284 e. The van der Waals surface area contributed by atoms with E-state index in [0.29, 0.717) is 18.1 Å². The van der Waals surface area contributed by atoms with Crippen LogP contribution in [0.15, 0.2) is 35.4 Å². The van der Waals surface area contributed by atoms with Gasteiger partial charge in [-0.15, -0.1) is 0 Å². The number of ether oxygens (including phenoxy) is 3. The van der Waals surface area contributed by atoms with Gasteiger partial charge in [-0.05, 0) is 19.1 Å². The minimum atomic E-state index is -0.862. The number of nitrogens with zero attached hydrogens (tertiary/aromatic N) is 1. The van der Waals surface area contributed by atoms with Gasteiger partial charge in [0.2, 0.25) is 6.10 Å². The number of phenolic OH excluding ortho intramolecular Hbond substituents is 1. The van der Waals surface area contributed by atoms with Crippen molar-refractivity contribution in [1.29, 1.82) is 0 Å². The summed E-state index contributed by atoms with van der Waals surface area (Å²) < 4.78 is 16.4. The Bertz CT molecular complexity index is 888. The lowest BCUT2D eigenvalue weighted by Crippen LogP contribution is -2.42. The smallest absolute Gasteiger partial charge is 0.284 e. The number of halogens is 2. The van der Waals surface area contributed by atoms with Gasteiger partial charge in [0.05, 0.1) is 28.4 Å².